The van der Waals surface area contributed by atoms with Gasteiger partial charge in [-0.1, -0.05) is 27.2 Å². The van der Waals surface area contributed by atoms with E-state index in [1.165, 1.54) is 32.1 Å². The summed E-state index contributed by atoms with van der Waals surface area (Å²) in [6, 6.07) is 0.730. The molecule has 0 amide bonds. The molecule has 4 heteroatoms. The fraction of sp³-hybridized carbons (Fsp3) is 0.875. The van der Waals surface area contributed by atoms with Gasteiger partial charge in [-0.2, -0.15) is 5.10 Å². The van der Waals surface area contributed by atoms with Crippen molar-refractivity contribution in [3.8, 4) is 0 Å². The Morgan fingerprint density at radius 2 is 2.05 bits per heavy atom. The molecule has 0 aromatic carbocycles. The van der Waals surface area contributed by atoms with Crippen LogP contribution in [-0.4, -0.2) is 27.8 Å². The van der Waals surface area contributed by atoms with E-state index in [1.54, 1.807) is 6.33 Å². The maximum absolute atomic E-state index is 4.15. The first-order valence-corrected chi connectivity index (χ1v) is 8.19. The van der Waals surface area contributed by atoms with Crippen LogP contribution in [0.3, 0.4) is 0 Å². The molecule has 1 heterocycles. The molecule has 0 unspecified atom stereocenters. The summed E-state index contributed by atoms with van der Waals surface area (Å²) >= 11 is 0. The number of aryl methyl sites for hydroxylation is 1. The molecule has 1 aromatic heterocycles. The highest BCUT2D eigenvalue weighted by atomic mass is 15.2. The van der Waals surface area contributed by atoms with Crippen molar-refractivity contribution in [2.75, 3.05) is 6.54 Å². The molecule has 1 aliphatic carbocycles. The normalized spacial score (nSPS) is 23.9. The van der Waals surface area contributed by atoms with E-state index in [9.17, 15) is 0 Å². The van der Waals surface area contributed by atoms with E-state index in [2.05, 4.69) is 41.3 Å². The van der Waals surface area contributed by atoms with Crippen molar-refractivity contribution in [1.29, 1.82) is 0 Å². The fourth-order valence-corrected chi connectivity index (χ4v) is 3.28. The maximum Gasteiger partial charge on any atom is 0.137 e. The SMILES string of the molecule is CCC(C)(C)C1CCC(NCCCc2ncn[nH]2)CC1. The molecule has 20 heavy (non-hydrogen) atoms. The Labute approximate surface area is 123 Å². The topological polar surface area (TPSA) is 53.6 Å². The molecule has 1 fully saturated rings. The average Bonchev–Trinajstić information content (AvgIpc) is 2.97. The van der Waals surface area contributed by atoms with Crippen molar-refractivity contribution < 1.29 is 0 Å². The summed E-state index contributed by atoms with van der Waals surface area (Å²) in [5, 5.41) is 10.5. The number of hydrogen-bond acceptors (Lipinski definition) is 3. The molecular formula is C16H30N4. The van der Waals surface area contributed by atoms with Crippen molar-refractivity contribution in [2.24, 2.45) is 11.3 Å². The van der Waals surface area contributed by atoms with Crippen LogP contribution >= 0.6 is 0 Å². The molecule has 114 valence electrons. The minimum Gasteiger partial charge on any atom is -0.314 e. The summed E-state index contributed by atoms with van der Waals surface area (Å²) < 4.78 is 0. The number of aromatic amines is 1. The molecule has 0 bridgehead atoms. The first kappa shape index (κ1) is 15.5. The Hall–Kier alpha value is -0.900. The van der Waals surface area contributed by atoms with Crippen molar-refractivity contribution in [3.63, 3.8) is 0 Å². The first-order chi connectivity index (χ1) is 9.62. The second kappa shape index (κ2) is 7.21. The lowest BCUT2D eigenvalue weighted by Gasteiger charge is -2.39. The Morgan fingerprint density at radius 3 is 2.65 bits per heavy atom. The van der Waals surface area contributed by atoms with Crippen LogP contribution in [-0.2, 0) is 6.42 Å². The van der Waals surface area contributed by atoms with E-state index in [4.69, 9.17) is 0 Å². The molecule has 1 aromatic rings. The van der Waals surface area contributed by atoms with Gasteiger partial charge in [0.25, 0.3) is 0 Å². The van der Waals surface area contributed by atoms with Gasteiger partial charge in [-0.05, 0) is 50.0 Å². The molecule has 2 N–H and O–H groups in total. The van der Waals surface area contributed by atoms with Crippen molar-refractivity contribution in [3.05, 3.63) is 12.2 Å². The summed E-state index contributed by atoms with van der Waals surface area (Å²) in [6.07, 6.45) is 10.5. The lowest BCUT2D eigenvalue weighted by molar-refractivity contribution is 0.137. The smallest absolute Gasteiger partial charge is 0.137 e. The Bertz CT molecular complexity index is 364. The summed E-state index contributed by atoms with van der Waals surface area (Å²) in [6.45, 7) is 8.28. The zero-order valence-electron chi connectivity index (χ0n) is 13.3. The zero-order chi connectivity index (χ0) is 14.4. The molecule has 1 aliphatic rings. The lowest BCUT2D eigenvalue weighted by atomic mass is 9.69. The Kier molecular flexibility index (Phi) is 5.58. The van der Waals surface area contributed by atoms with Crippen LogP contribution in [0.1, 0.15) is 65.1 Å². The standard InChI is InChI=1S/C16H30N4/c1-4-16(2,3)13-7-9-14(10-8-13)17-11-5-6-15-18-12-19-20-15/h12-14,17H,4-11H2,1-3H3,(H,18,19,20). The molecule has 0 saturated heterocycles. The van der Waals surface area contributed by atoms with Crippen LogP contribution in [0.2, 0.25) is 0 Å². The third kappa shape index (κ3) is 4.30. The monoisotopic (exact) mass is 278 g/mol. The lowest BCUT2D eigenvalue weighted by Crippen LogP contribution is -2.37. The van der Waals surface area contributed by atoms with E-state index < -0.39 is 0 Å². The molecule has 0 aliphatic heterocycles. The molecule has 0 atom stereocenters. The summed E-state index contributed by atoms with van der Waals surface area (Å²) in [4.78, 5) is 4.15. The minimum atomic E-state index is 0.525. The highest BCUT2D eigenvalue weighted by molar-refractivity contribution is 4.85. The Morgan fingerprint density at radius 1 is 1.30 bits per heavy atom. The van der Waals surface area contributed by atoms with Crippen LogP contribution in [0.4, 0.5) is 0 Å². The van der Waals surface area contributed by atoms with E-state index >= 15 is 0 Å². The van der Waals surface area contributed by atoms with Gasteiger partial charge in [0, 0.05) is 12.5 Å². The van der Waals surface area contributed by atoms with Crippen LogP contribution in [0.25, 0.3) is 0 Å². The third-order valence-corrected chi connectivity index (χ3v) is 5.23. The number of nitrogens with zero attached hydrogens (tertiary/aromatic N) is 2. The third-order valence-electron chi connectivity index (χ3n) is 5.23. The van der Waals surface area contributed by atoms with E-state index in [1.807, 2.05) is 0 Å². The van der Waals surface area contributed by atoms with Crippen LogP contribution in [0.5, 0.6) is 0 Å². The molecule has 0 spiro atoms. The Balaban J connectivity index is 1.60. The van der Waals surface area contributed by atoms with Gasteiger partial charge in [-0.25, -0.2) is 4.98 Å². The van der Waals surface area contributed by atoms with Crippen molar-refractivity contribution >= 4 is 0 Å². The van der Waals surface area contributed by atoms with Gasteiger partial charge in [-0.15, -0.1) is 0 Å². The van der Waals surface area contributed by atoms with Gasteiger partial charge >= 0.3 is 0 Å². The van der Waals surface area contributed by atoms with E-state index in [0.29, 0.717) is 5.41 Å². The molecule has 1 saturated carbocycles. The average molecular weight is 278 g/mol. The van der Waals surface area contributed by atoms with Crippen LogP contribution in [0, 0.1) is 11.3 Å². The van der Waals surface area contributed by atoms with Gasteiger partial charge in [0.1, 0.15) is 12.2 Å². The van der Waals surface area contributed by atoms with Gasteiger partial charge in [-0.3, -0.25) is 5.10 Å². The molecular weight excluding hydrogens is 248 g/mol. The predicted octanol–water partition coefficient (Wildman–Crippen LogP) is 3.32. The van der Waals surface area contributed by atoms with Crippen LogP contribution < -0.4 is 5.32 Å². The van der Waals surface area contributed by atoms with E-state index in [0.717, 1.165) is 37.2 Å². The van der Waals surface area contributed by atoms with Gasteiger partial charge in [0.15, 0.2) is 0 Å². The number of aromatic nitrogens is 3. The first-order valence-electron chi connectivity index (χ1n) is 8.19. The molecule has 0 radical (unpaired) electrons. The molecule has 2 rings (SSSR count). The fourth-order valence-electron chi connectivity index (χ4n) is 3.28. The summed E-state index contributed by atoms with van der Waals surface area (Å²) in [7, 11) is 0. The number of hydrogen-bond donors (Lipinski definition) is 2. The summed E-state index contributed by atoms with van der Waals surface area (Å²) in [5.74, 6) is 1.92. The van der Waals surface area contributed by atoms with Gasteiger partial charge in [0.05, 0.1) is 0 Å². The zero-order valence-corrected chi connectivity index (χ0v) is 13.3. The number of nitrogens with one attached hydrogen (secondary N) is 2. The second-order valence-electron chi connectivity index (χ2n) is 6.88. The minimum absolute atomic E-state index is 0.525. The highest BCUT2D eigenvalue weighted by Gasteiger charge is 2.31. The largest absolute Gasteiger partial charge is 0.314 e. The van der Waals surface area contributed by atoms with Crippen molar-refractivity contribution in [2.45, 2.75) is 71.8 Å². The highest BCUT2D eigenvalue weighted by Crippen LogP contribution is 2.40. The summed E-state index contributed by atoms with van der Waals surface area (Å²) in [5.41, 5.74) is 0.525. The van der Waals surface area contributed by atoms with E-state index in [-0.39, 0.29) is 0 Å². The quantitative estimate of drug-likeness (QED) is 0.752. The maximum atomic E-state index is 4.15. The predicted molar refractivity (Wildman–Crippen MR) is 82.5 cm³/mol. The second-order valence-corrected chi connectivity index (χ2v) is 6.88. The van der Waals surface area contributed by atoms with Gasteiger partial charge < -0.3 is 5.32 Å². The van der Waals surface area contributed by atoms with Crippen LogP contribution in [0.15, 0.2) is 6.33 Å². The van der Waals surface area contributed by atoms with Gasteiger partial charge in [0.2, 0.25) is 0 Å². The van der Waals surface area contributed by atoms with Crippen molar-refractivity contribution in [1.82, 2.24) is 20.5 Å². The number of rotatable bonds is 7. The number of H-pyrrole nitrogens is 1. The molecule has 4 nitrogen and oxygen atoms in total.